The summed E-state index contributed by atoms with van der Waals surface area (Å²) >= 11 is 0. The predicted octanol–water partition coefficient (Wildman–Crippen LogP) is 4.10. The van der Waals surface area contributed by atoms with Crippen molar-refractivity contribution in [2.24, 2.45) is 0 Å². The molecule has 3 nitrogen and oxygen atoms in total. The molecule has 1 aromatic heterocycles. The molecule has 1 aliphatic rings. The third-order valence-electron chi connectivity index (χ3n) is 4.39. The van der Waals surface area contributed by atoms with Gasteiger partial charge in [0.1, 0.15) is 0 Å². The van der Waals surface area contributed by atoms with Gasteiger partial charge in [0, 0.05) is 18.7 Å². The number of rotatable bonds is 8. The largest absolute Gasteiger partial charge is 0.314 e. The molecule has 0 aromatic carbocycles. The Morgan fingerprint density at radius 3 is 2.75 bits per heavy atom. The fourth-order valence-electron chi connectivity index (χ4n) is 3.26. The summed E-state index contributed by atoms with van der Waals surface area (Å²) in [6.45, 7) is 5.61. The first-order chi connectivity index (χ1) is 9.83. The summed E-state index contributed by atoms with van der Waals surface area (Å²) in [5, 5.41) is 8.50. The van der Waals surface area contributed by atoms with Crippen LogP contribution in [0.2, 0.25) is 0 Å². The molecule has 0 amide bonds. The van der Waals surface area contributed by atoms with Crippen LogP contribution in [-0.2, 0) is 6.42 Å². The molecule has 114 valence electrons. The van der Waals surface area contributed by atoms with Crippen LogP contribution < -0.4 is 5.32 Å². The van der Waals surface area contributed by atoms with Crippen molar-refractivity contribution in [1.82, 2.24) is 15.1 Å². The van der Waals surface area contributed by atoms with E-state index in [4.69, 9.17) is 5.10 Å². The van der Waals surface area contributed by atoms with E-state index in [1.165, 1.54) is 57.1 Å². The van der Waals surface area contributed by atoms with Gasteiger partial charge in [-0.1, -0.05) is 39.5 Å². The fourth-order valence-corrected chi connectivity index (χ4v) is 3.26. The molecule has 0 bridgehead atoms. The number of hydrogen-bond donors (Lipinski definition) is 1. The van der Waals surface area contributed by atoms with Crippen LogP contribution in [0.5, 0.6) is 0 Å². The second-order valence-corrected chi connectivity index (χ2v) is 6.22. The second kappa shape index (κ2) is 8.46. The summed E-state index contributed by atoms with van der Waals surface area (Å²) < 4.78 is 2.23. The topological polar surface area (TPSA) is 29.9 Å². The Morgan fingerprint density at radius 1 is 1.25 bits per heavy atom. The van der Waals surface area contributed by atoms with Crippen LogP contribution in [0.15, 0.2) is 12.3 Å². The number of aromatic nitrogens is 2. The zero-order chi connectivity index (χ0) is 14.2. The van der Waals surface area contributed by atoms with Crippen LogP contribution in [0.25, 0.3) is 0 Å². The van der Waals surface area contributed by atoms with E-state index in [2.05, 4.69) is 36.1 Å². The second-order valence-electron chi connectivity index (χ2n) is 6.22. The Balaban J connectivity index is 1.89. The molecule has 20 heavy (non-hydrogen) atoms. The molecule has 1 aliphatic carbocycles. The quantitative estimate of drug-likeness (QED) is 0.775. The van der Waals surface area contributed by atoms with Gasteiger partial charge in [0.15, 0.2) is 0 Å². The van der Waals surface area contributed by atoms with E-state index in [1.807, 2.05) is 0 Å². The molecule has 1 fully saturated rings. The lowest BCUT2D eigenvalue weighted by Gasteiger charge is -2.22. The van der Waals surface area contributed by atoms with Gasteiger partial charge < -0.3 is 5.32 Å². The minimum Gasteiger partial charge on any atom is -0.314 e. The van der Waals surface area contributed by atoms with Crippen molar-refractivity contribution >= 4 is 0 Å². The zero-order valence-electron chi connectivity index (χ0n) is 13.3. The van der Waals surface area contributed by atoms with E-state index >= 15 is 0 Å². The van der Waals surface area contributed by atoms with Crippen molar-refractivity contribution in [2.45, 2.75) is 83.7 Å². The van der Waals surface area contributed by atoms with Crippen molar-refractivity contribution in [1.29, 1.82) is 0 Å². The first kappa shape index (κ1) is 15.6. The third-order valence-corrected chi connectivity index (χ3v) is 4.39. The Kier molecular flexibility index (Phi) is 6.58. The number of hydrogen-bond acceptors (Lipinski definition) is 2. The van der Waals surface area contributed by atoms with Crippen LogP contribution in [-0.4, -0.2) is 22.4 Å². The first-order valence-electron chi connectivity index (χ1n) is 8.61. The molecule has 1 atom stereocenters. The maximum Gasteiger partial charge on any atom is 0.0640 e. The molecule has 0 aliphatic heterocycles. The highest BCUT2D eigenvalue weighted by molar-refractivity contribution is 5.02. The maximum atomic E-state index is 4.84. The van der Waals surface area contributed by atoms with Crippen LogP contribution >= 0.6 is 0 Å². The van der Waals surface area contributed by atoms with Crippen molar-refractivity contribution in [2.75, 3.05) is 6.54 Å². The SMILES string of the molecule is CCCNC(CCC)Cc1ccn(C2CCCCC2)n1. The lowest BCUT2D eigenvalue weighted by atomic mass is 9.96. The zero-order valence-corrected chi connectivity index (χ0v) is 13.3. The summed E-state index contributed by atoms with van der Waals surface area (Å²) in [6.07, 6.45) is 13.7. The molecule has 2 rings (SSSR count). The third kappa shape index (κ3) is 4.62. The van der Waals surface area contributed by atoms with Crippen molar-refractivity contribution in [3.05, 3.63) is 18.0 Å². The molecule has 1 heterocycles. The first-order valence-corrected chi connectivity index (χ1v) is 8.61. The Labute approximate surface area is 124 Å². The standard InChI is InChI=1S/C17H31N3/c1-3-8-15(18-12-4-2)14-16-11-13-20(19-16)17-9-6-5-7-10-17/h11,13,15,17-18H,3-10,12,14H2,1-2H3. The number of nitrogens with one attached hydrogen (secondary N) is 1. The Morgan fingerprint density at radius 2 is 2.05 bits per heavy atom. The van der Waals surface area contributed by atoms with Gasteiger partial charge in [-0.15, -0.1) is 0 Å². The summed E-state index contributed by atoms with van der Waals surface area (Å²) in [5.74, 6) is 0. The van der Waals surface area contributed by atoms with Gasteiger partial charge >= 0.3 is 0 Å². The average molecular weight is 277 g/mol. The van der Waals surface area contributed by atoms with Gasteiger partial charge in [-0.05, 0) is 38.3 Å². The van der Waals surface area contributed by atoms with Gasteiger partial charge in [-0.2, -0.15) is 5.10 Å². The normalized spacial score (nSPS) is 18.3. The van der Waals surface area contributed by atoms with Crippen LogP contribution in [0.1, 0.15) is 76.9 Å². The van der Waals surface area contributed by atoms with Gasteiger partial charge in [0.2, 0.25) is 0 Å². The summed E-state index contributed by atoms with van der Waals surface area (Å²) in [7, 11) is 0. The molecule has 3 heteroatoms. The highest BCUT2D eigenvalue weighted by Gasteiger charge is 2.17. The molecule has 1 unspecified atom stereocenters. The summed E-state index contributed by atoms with van der Waals surface area (Å²) in [6, 6.07) is 3.48. The van der Waals surface area contributed by atoms with Gasteiger partial charge in [-0.25, -0.2) is 0 Å². The van der Waals surface area contributed by atoms with Crippen molar-refractivity contribution < 1.29 is 0 Å². The molecular formula is C17H31N3. The number of nitrogens with zero attached hydrogens (tertiary/aromatic N) is 2. The summed E-state index contributed by atoms with van der Waals surface area (Å²) in [4.78, 5) is 0. The smallest absolute Gasteiger partial charge is 0.0640 e. The van der Waals surface area contributed by atoms with E-state index in [0.717, 1.165) is 13.0 Å². The highest BCUT2D eigenvalue weighted by Crippen LogP contribution is 2.27. The lowest BCUT2D eigenvalue weighted by Crippen LogP contribution is -2.31. The van der Waals surface area contributed by atoms with E-state index in [1.54, 1.807) is 0 Å². The predicted molar refractivity (Wildman–Crippen MR) is 85.0 cm³/mol. The Bertz CT molecular complexity index is 366. The lowest BCUT2D eigenvalue weighted by molar-refractivity contribution is 0.327. The molecule has 1 aromatic rings. The minimum atomic E-state index is 0.592. The molecule has 1 saturated carbocycles. The van der Waals surface area contributed by atoms with E-state index in [0.29, 0.717) is 12.1 Å². The average Bonchev–Trinajstić information content (AvgIpc) is 2.94. The van der Waals surface area contributed by atoms with E-state index in [9.17, 15) is 0 Å². The van der Waals surface area contributed by atoms with Crippen molar-refractivity contribution in [3.63, 3.8) is 0 Å². The van der Waals surface area contributed by atoms with Gasteiger partial charge in [0.05, 0.1) is 11.7 Å². The van der Waals surface area contributed by atoms with E-state index < -0.39 is 0 Å². The summed E-state index contributed by atoms with van der Waals surface area (Å²) in [5.41, 5.74) is 1.26. The fraction of sp³-hybridized carbons (Fsp3) is 0.824. The van der Waals surface area contributed by atoms with Crippen LogP contribution in [0.3, 0.4) is 0 Å². The monoisotopic (exact) mass is 277 g/mol. The highest BCUT2D eigenvalue weighted by atomic mass is 15.3. The van der Waals surface area contributed by atoms with Gasteiger partial charge in [0.25, 0.3) is 0 Å². The minimum absolute atomic E-state index is 0.592. The Hall–Kier alpha value is -0.830. The molecule has 1 N–H and O–H groups in total. The van der Waals surface area contributed by atoms with Crippen LogP contribution in [0.4, 0.5) is 0 Å². The molecule has 0 radical (unpaired) electrons. The van der Waals surface area contributed by atoms with Crippen molar-refractivity contribution in [3.8, 4) is 0 Å². The van der Waals surface area contributed by atoms with E-state index in [-0.39, 0.29) is 0 Å². The van der Waals surface area contributed by atoms with Gasteiger partial charge in [-0.3, -0.25) is 4.68 Å². The molecular weight excluding hydrogens is 246 g/mol. The maximum absolute atomic E-state index is 4.84. The van der Waals surface area contributed by atoms with Crippen LogP contribution in [0, 0.1) is 0 Å². The molecule has 0 saturated heterocycles. The molecule has 0 spiro atoms.